The number of rotatable bonds is 2. The smallest absolute Gasteiger partial charge is 0.158 e. The van der Waals surface area contributed by atoms with Gasteiger partial charge in [-0.05, 0) is 12.2 Å². The van der Waals surface area contributed by atoms with Crippen molar-refractivity contribution >= 4 is 0 Å². The van der Waals surface area contributed by atoms with Gasteiger partial charge in [-0.1, -0.05) is 18.9 Å². The average Bonchev–Trinajstić information content (AvgIpc) is 1.99. The highest BCUT2D eigenvalue weighted by Crippen LogP contribution is 1.93. The maximum Gasteiger partial charge on any atom is 0.158 e. The third kappa shape index (κ3) is 3.31. The summed E-state index contributed by atoms with van der Waals surface area (Å²) in [6.07, 6.45) is 2.69. The van der Waals surface area contributed by atoms with Gasteiger partial charge in [0.05, 0.1) is 6.07 Å². The lowest BCUT2D eigenvalue weighted by Gasteiger charge is -1.82. The lowest BCUT2D eigenvalue weighted by Crippen LogP contribution is -1.70. The molecule has 0 radical (unpaired) electrons. The fourth-order valence-electron chi connectivity index (χ4n) is 0.276. The van der Waals surface area contributed by atoms with Gasteiger partial charge in [0.2, 0.25) is 0 Å². The van der Waals surface area contributed by atoms with Gasteiger partial charge in [-0.25, -0.2) is 0 Å². The van der Waals surface area contributed by atoms with Crippen molar-refractivity contribution in [3.63, 3.8) is 0 Å². The molecule has 0 atom stereocenters. The molecule has 2 nitrogen and oxygen atoms in total. The van der Waals surface area contributed by atoms with Crippen LogP contribution in [0.15, 0.2) is 42.4 Å². The second-order valence-corrected chi connectivity index (χ2v) is 1.53. The predicted octanol–water partition coefficient (Wildman–Crippen LogP) is 1.85. The SMILES string of the molecule is C=C=C(O)/C=C\C(=C)C#N. The fourth-order valence-corrected chi connectivity index (χ4v) is 0.276. The lowest BCUT2D eigenvalue weighted by atomic mass is 10.3. The maximum atomic E-state index is 8.71. The molecule has 10 heavy (non-hydrogen) atoms. The molecule has 0 aromatic rings. The summed E-state index contributed by atoms with van der Waals surface area (Å²) in [5.41, 5.74) is 2.51. The number of aliphatic hydroxyl groups excluding tert-OH is 1. The second-order valence-electron chi connectivity index (χ2n) is 1.53. The molecule has 0 aliphatic heterocycles. The first-order chi connectivity index (χ1) is 4.70. The molecule has 0 aliphatic carbocycles. The van der Waals surface area contributed by atoms with Crippen molar-refractivity contribution in [2.75, 3.05) is 0 Å². The highest BCUT2D eigenvalue weighted by molar-refractivity contribution is 5.32. The van der Waals surface area contributed by atoms with Crippen LogP contribution >= 0.6 is 0 Å². The van der Waals surface area contributed by atoms with Crippen LogP contribution in [0.5, 0.6) is 0 Å². The Hall–Kier alpha value is -1.71. The Morgan fingerprint density at radius 1 is 1.50 bits per heavy atom. The quantitative estimate of drug-likeness (QED) is 0.270. The molecule has 0 spiro atoms. The zero-order valence-electron chi connectivity index (χ0n) is 5.46. The van der Waals surface area contributed by atoms with Crippen LogP contribution in [0.2, 0.25) is 0 Å². The minimum absolute atomic E-state index is 0.101. The third-order valence-electron chi connectivity index (χ3n) is 0.767. The lowest BCUT2D eigenvalue weighted by molar-refractivity contribution is 0.434. The summed E-state index contributed by atoms with van der Waals surface area (Å²) in [5.74, 6) is -0.101. The molecule has 0 aromatic heterocycles. The standard InChI is InChI=1S/C8H7NO/c1-3-8(10)5-4-7(2)6-9/h4-5,10H,1-2H2/b5-4-. The van der Waals surface area contributed by atoms with E-state index in [4.69, 9.17) is 10.4 Å². The summed E-state index contributed by atoms with van der Waals surface area (Å²) >= 11 is 0. The van der Waals surface area contributed by atoms with Gasteiger partial charge in [0, 0.05) is 5.57 Å². The first kappa shape index (κ1) is 8.29. The van der Waals surface area contributed by atoms with Crippen LogP contribution in [-0.2, 0) is 0 Å². The van der Waals surface area contributed by atoms with Gasteiger partial charge in [0.1, 0.15) is 0 Å². The molecule has 0 aliphatic rings. The molecule has 0 saturated heterocycles. The largest absolute Gasteiger partial charge is 0.501 e. The second kappa shape index (κ2) is 4.20. The predicted molar refractivity (Wildman–Crippen MR) is 39.2 cm³/mol. The van der Waals surface area contributed by atoms with Crippen LogP contribution in [0.25, 0.3) is 0 Å². The Kier molecular flexibility index (Phi) is 3.48. The van der Waals surface area contributed by atoms with Gasteiger partial charge in [-0.3, -0.25) is 0 Å². The molecule has 0 amide bonds. The minimum Gasteiger partial charge on any atom is -0.501 e. The number of allylic oxidation sites excluding steroid dienone is 3. The molecule has 0 bridgehead atoms. The van der Waals surface area contributed by atoms with E-state index >= 15 is 0 Å². The fraction of sp³-hybridized carbons (Fsp3) is 0. The number of hydrogen-bond acceptors (Lipinski definition) is 2. The summed E-state index contributed by atoms with van der Waals surface area (Å²) in [5, 5.41) is 16.9. The van der Waals surface area contributed by atoms with E-state index in [-0.39, 0.29) is 11.3 Å². The highest BCUT2D eigenvalue weighted by Gasteiger charge is 1.82. The molecule has 0 aromatic carbocycles. The molecule has 0 heterocycles. The molecular weight excluding hydrogens is 126 g/mol. The summed E-state index contributed by atoms with van der Waals surface area (Å²) in [6.45, 7) is 6.55. The minimum atomic E-state index is -0.101. The Morgan fingerprint density at radius 3 is 2.50 bits per heavy atom. The highest BCUT2D eigenvalue weighted by atomic mass is 16.3. The van der Waals surface area contributed by atoms with Gasteiger partial charge in [-0.2, -0.15) is 5.26 Å². The summed E-state index contributed by atoms with van der Waals surface area (Å²) < 4.78 is 0. The van der Waals surface area contributed by atoms with E-state index in [1.165, 1.54) is 12.2 Å². The molecule has 0 unspecified atom stereocenters. The number of hydrogen-bond donors (Lipinski definition) is 1. The van der Waals surface area contributed by atoms with Crippen LogP contribution in [0, 0.1) is 11.3 Å². The van der Waals surface area contributed by atoms with Crippen molar-refractivity contribution in [1.29, 1.82) is 5.26 Å². The van der Waals surface area contributed by atoms with E-state index in [1.807, 2.05) is 0 Å². The Balaban J connectivity index is 4.17. The van der Waals surface area contributed by atoms with Crippen molar-refractivity contribution < 1.29 is 5.11 Å². The van der Waals surface area contributed by atoms with E-state index in [9.17, 15) is 0 Å². The first-order valence-corrected chi connectivity index (χ1v) is 2.57. The van der Waals surface area contributed by atoms with E-state index < -0.39 is 0 Å². The number of nitriles is 1. The van der Waals surface area contributed by atoms with Crippen molar-refractivity contribution in [1.82, 2.24) is 0 Å². The zero-order chi connectivity index (χ0) is 7.98. The van der Waals surface area contributed by atoms with E-state index in [1.54, 1.807) is 6.07 Å². The molecule has 2 heteroatoms. The average molecular weight is 133 g/mol. The van der Waals surface area contributed by atoms with Gasteiger partial charge in [-0.15, -0.1) is 0 Å². The molecule has 0 rings (SSSR count). The van der Waals surface area contributed by atoms with Crippen LogP contribution in [0.1, 0.15) is 0 Å². The van der Waals surface area contributed by atoms with Crippen LogP contribution in [0.4, 0.5) is 0 Å². The third-order valence-corrected chi connectivity index (χ3v) is 0.767. The van der Waals surface area contributed by atoms with Crippen LogP contribution < -0.4 is 0 Å². The Labute approximate surface area is 59.7 Å². The summed E-state index contributed by atoms with van der Waals surface area (Å²) in [6, 6.07) is 1.79. The molecular formula is C8H7NO. The molecule has 0 saturated carbocycles. The molecule has 1 N–H and O–H groups in total. The van der Waals surface area contributed by atoms with Crippen molar-refractivity contribution in [2.24, 2.45) is 0 Å². The Morgan fingerprint density at radius 2 is 2.10 bits per heavy atom. The molecule has 0 fully saturated rings. The van der Waals surface area contributed by atoms with Crippen molar-refractivity contribution in [3.05, 3.63) is 42.4 Å². The topological polar surface area (TPSA) is 44.0 Å². The van der Waals surface area contributed by atoms with E-state index in [0.717, 1.165) is 0 Å². The van der Waals surface area contributed by atoms with Gasteiger partial charge in [0.25, 0.3) is 0 Å². The van der Waals surface area contributed by atoms with E-state index in [0.29, 0.717) is 0 Å². The van der Waals surface area contributed by atoms with Crippen molar-refractivity contribution in [2.45, 2.75) is 0 Å². The van der Waals surface area contributed by atoms with Gasteiger partial charge >= 0.3 is 0 Å². The van der Waals surface area contributed by atoms with E-state index in [2.05, 4.69) is 18.9 Å². The number of nitrogens with zero attached hydrogens (tertiary/aromatic N) is 1. The van der Waals surface area contributed by atoms with Gasteiger partial charge in [0.15, 0.2) is 5.76 Å². The van der Waals surface area contributed by atoms with Crippen LogP contribution in [0.3, 0.4) is 0 Å². The first-order valence-electron chi connectivity index (χ1n) is 2.57. The number of aliphatic hydroxyl groups is 1. The summed E-state index contributed by atoms with van der Waals surface area (Å²) in [7, 11) is 0. The zero-order valence-corrected chi connectivity index (χ0v) is 5.46. The van der Waals surface area contributed by atoms with Crippen LogP contribution in [-0.4, -0.2) is 5.11 Å². The van der Waals surface area contributed by atoms with Gasteiger partial charge < -0.3 is 5.11 Å². The monoisotopic (exact) mass is 133 g/mol. The van der Waals surface area contributed by atoms with Crippen molar-refractivity contribution in [3.8, 4) is 6.07 Å². The normalized spacial score (nSPS) is 8.30. The molecule has 50 valence electrons. The Bertz CT molecular complexity index is 249. The maximum absolute atomic E-state index is 8.71. The summed E-state index contributed by atoms with van der Waals surface area (Å²) in [4.78, 5) is 0.